The van der Waals surface area contributed by atoms with Gasteiger partial charge in [-0.3, -0.25) is 9.59 Å². The second-order valence-corrected chi connectivity index (χ2v) is 25.7. The van der Waals surface area contributed by atoms with E-state index in [4.69, 9.17) is 25.2 Å². The van der Waals surface area contributed by atoms with Crippen LogP contribution in [0.25, 0.3) is 41.6 Å². The van der Waals surface area contributed by atoms with Crippen molar-refractivity contribution in [1.82, 2.24) is 25.1 Å². The number of thiazole rings is 2. The highest BCUT2D eigenvalue weighted by Gasteiger charge is 2.33. The maximum absolute atomic E-state index is 12.9. The highest BCUT2D eigenvalue weighted by atomic mass is 79.9. The molecule has 2 aliphatic rings. The summed E-state index contributed by atoms with van der Waals surface area (Å²) in [6.07, 6.45) is 4.47. The number of fused-ring (bicyclic) bond motifs is 4. The van der Waals surface area contributed by atoms with Crippen molar-refractivity contribution in [1.29, 1.82) is 0 Å². The van der Waals surface area contributed by atoms with E-state index in [1.54, 1.807) is 32.5 Å². The molecule has 4 amide bonds. The molecule has 0 saturated carbocycles. The van der Waals surface area contributed by atoms with Crippen molar-refractivity contribution in [2.24, 2.45) is 5.73 Å². The number of amides is 4. The molecule has 0 aliphatic carbocycles. The van der Waals surface area contributed by atoms with Gasteiger partial charge in [0, 0.05) is 68.0 Å². The van der Waals surface area contributed by atoms with Crippen LogP contribution in [-0.4, -0.2) is 86.7 Å². The van der Waals surface area contributed by atoms with Gasteiger partial charge in [0.1, 0.15) is 31.2 Å². The van der Waals surface area contributed by atoms with Crippen LogP contribution in [0.4, 0.5) is 19.6 Å². The molecule has 2 aliphatic heterocycles. The van der Waals surface area contributed by atoms with Crippen LogP contribution in [0.3, 0.4) is 0 Å². The van der Waals surface area contributed by atoms with Gasteiger partial charge in [0.2, 0.25) is 11.8 Å². The lowest BCUT2D eigenvalue weighted by Crippen LogP contribution is -2.39. The molecule has 0 radical (unpaired) electrons. The molecule has 4 aromatic heterocycles. The first-order valence-corrected chi connectivity index (χ1v) is 28.9. The fraction of sp³-hybridized carbons (Fsp3) is 0.462. The van der Waals surface area contributed by atoms with Gasteiger partial charge in [-0.25, -0.2) is 19.6 Å². The van der Waals surface area contributed by atoms with E-state index in [-0.39, 0.29) is 24.0 Å². The molecule has 0 spiro atoms. The van der Waals surface area contributed by atoms with Gasteiger partial charge in [0.05, 0.1) is 33.5 Å². The number of nitrogens with zero attached hydrogens (tertiary/aromatic N) is 4. The number of thiophene rings is 2. The number of anilines is 2. The molecule has 20 heteroatoms. The molecule has 5 N–H and O–H groups in total. The Labute approximate surface area is 455 Å². The summed E-state index contributed by atoms with van der Waals surface area (Å²) in [6.45, 7) is 25.7. The number of nitrogens with two attached hydrogens (primary N) is 1. The highest BCUT2D eigenvalue weighted by Crippen LogP contribution is 2.48. The van der Waals surface area contributed by atoms with Gasteiger partial charge in [0.25, 0.3) is 0 Å². The molecule has 388 valence electrons. The van der Waals surface area contributed by atoms with Crippen molar-refractivity contribution in [3.05, 3.63) is 78.9 Å². The number of aromatic nitrogens is 2. The van der Waals surface area contributed by atoms with Crippen molar-refractivity contribution in [3.63, 3.8) is 0 Å². The fourth-order valence-electron chi connectivity index (χ4n) is 7.34. The smallest absolute Gasteiger partial charge is 0.410 e. The molecule has 2 unspecified atom stereocenters. The molecule has 0 saturated heterocycles. The maximum atomic E-state index is 12.9. The van der Waals surface area contributed by atoms with Crippen molar-refractivity contribution >= 4 is 132 Å². The standard InChI is InChI=1S/C26H33BrN4O3S2.C22H22BrN3O3S2.C4H11N/c1-6-15(2)28-11-9-21(32)30-24-22(23-29-18-13-16(27)7-8-19(18)35-23)17-10-12-31(14-20(17)36-24)25(33)34-26(3,4)5;1-5-17(27)25-20-18(19-24-14-10-12(23)6-7-15(14)30-19)13-8-9-26(11-16(13)31-20)21(28)29-22(2,3)4;1-3-4(2)5/h7-8,13,15,28H,6,9-12,14H2,1-5H3,(H,30,32);5-7,10H,1,8-9,11H2,2-4H3,(H,25,27);4H,3,5H2,1-2H3. The van der Waals surface area contributed by atoms with Crippen molar-refractivity contribution in [2.45, 2.75) is 138 Å². The summed E-state index contributed by atoms with van der Waals surface area (Å²) in [5.74, 6) is -0.300. The molecule has 2 atom stereocenters. The summed E-state index contributed by atoms with van der Waals surface area (Å²) in [4.78, 5) is 65.6. The van der Waals surface area contributed by atoms with E-state index in [1.165, 1.54) is 28.7 Å². The van der Waals surface area contributed by atoms with Crippen LogP contribution in [0.5, 0.6) is 0 Å². The average Bonchev–Trinajstić information content (AvgIpc) is 4.09. The summed E-state index contributed by atoms with van der Waals surface area (Å²) in [6, 6.07) is 12.9. The molecule has 6 aromatic rings. The zero-order valence-electron chi connectivity index (χ0n) is 42.7. The van der Waals surface area contributed by atoms with Crippen LogP contribution >= 0.6 is 77.2 Å². The summed E-state index contributed by atoms with van der Waals surface area (Å²) < 4.78 is 15.3. The van der Waals surface area contributed by atoms with Gasteiger partial charge in [-0.2, -0.15) is 0 Å². The van der Waals surface area contributed by atoms with Gasteiger partial charge in [-0.15, -0.1) is 45.3 Å². The summed E-state index contributed by atoms with van der Waals surface area (Å²) >= 11 is 13.3. The Morgan fingerprint density at radius 2 is 1.19 bits per heavy atom. The zero-order chi connectivity index (χ0) is 52.7. The number of halogens is 2. The molecule has 6 heterocycles. The molecule has 14 nitrogen and oxygen atoms in total. The largest absolute Gasteiger partial charge is 0.444 e. The lowest BCUT2D eigenvalue weighted by atomic mass is 10.0. The number of rotatable bonds is 11. The van der Waals surface area contributed by atoms with Gasteiger partial charge in [0.15, 0.2) is 0 Å². The Hall–Kier alpha value is -4.28. The first-order chi connectivity index (χ1) is 33.9. The van der Waals surface area contributed by atoms with E-state index in [9.17, 15) is 19.2 Å². The highest BCUT2D eigenvalue weighted by molar-refractivity contribution is 9.10. The topological polar surface area (TPSA) is 181 Å². The van der Waals surface area contributed by atoms with Gasteiger partial charge in [-0.05, 0) is 135 Å². The minimum atomic E-state index is -0.546. The van der Waals surface area contributed by atoms with Crippen LogP contribution in [0.2, 0.25) is 0 Å². The summed E-state index contributed by atoms with van der Waals surface area (Å²) in [7, 11) is 0. The molecule has 2 aromatic carbocycles. The van der Waals surface area contributed by atoms with Crippen LogP contribution in [-0.2, 0) is 45.0 Å². The van der Waals surface area contributed by atoms with Gasteiger partial charge >= 0.3 is 12.2 Å². The maximum Gasteiger partial charge on any atom is 0.410 e. The minimum Gasteiger partial charge on any atom is -0.444 e. The Balaban J connectivity index is 0.000000217. The predicted octanol–water partition coefficient (Wildman–Crippen LogP) is 13.7. The number of carbonyl (C=O) groups excluding carboxylic acids is 4. The predicted molar refractivity (Wildman–Crippen MR) is 306 cm³/mol. The molecular formula is C52H66Br2N8O6S4. The Morgan fingerprint density at radius 3 is 1.60 bits per heavy atom. The molecule has 72 heavy (non-hydrogen) atoms. The van der Waals surface area contributed by atoms with Crippen molar-refractivity contribution in [3.8, 4) is 21.1 Å². The lowest BCUT2D eigenvalue weighted by Gasteiger charge is -2.30. The summed E-state index contributed by atoms with van der Waals surface area (Å²) in [5.41, 5.74) is 10.2. The Morgan fingerprint density at radius 1 is 0.750 bits per heavy atom. The van der Waals surface area contributed by atoms with Gasteiger partial charge < -0.3 is 41.0 Å². The zero-order valence-corrected chi connectivity index (χ0v) is 49.1. The number of hydrogen-bond acceptors (Lipinski definition) is 14. The molecule has 0 fully saturated rings. The van der Waals surface area contributed by atoms with Crippen LogP contribution in [0.1, 0.15) is 109 Å². The van der Waals surface area contributed by atoms with E-state index in [1.807, 2.05) is 78.8 Å². The van der Waals surface area contributed by atoms with E-state index < -0.39 is 11.2 Å². The van der Waals surface area contributed by atoms with E-state index in [2.05, 4.69) is 81.2 Å². The Kier molecular flexibility index (Phi) is 19.7. The van der Waals surface area contributed by atoms with Crippen molar-refractivity contribution in [2.75, 3.05) is 30.3 Å². The number of nitrogens with one attached hydrogen (secondary N) is 3. The number of ether oxygens (including phenoxy) is 2. The van der Waals surface area contributed by atoms with E-state index in [0.717, 1.165) is 94.2 Å². The third-order valence-electron chi connectivity index (χ3n) is 11.3. The second-order valence-electron chi connectivity index (χ2n) is 19.6. The fourth-order valence-corrected chi connectivity index (χ4v) is 12.8. The lowest BCUT2D eigenvalue weighted by molar-refractivity contribution is -0.116. The van der Waals surface area contributed by atoms with Crippen LogP contribution in [0, 0.1) is 0 Å². The third-order valence-corrected chi connectivity index (χ3v) is 16.7. The number of benzene rings is 2. The number of carbonyl (C=O) groups is 4. The molecular weight excluding hydrogens is 1120 g/mol. The first kappa shape index (κ1) is 57.0. The van der Waals surface area contributed by atoms with Gasteiger partial charge in [-0.1, -0.05) is 52.3 Å². The summed E-state index contributed by atoms with van der Waals surface area (Å²) in [5, 5.41) is 12.8. The average molecular weight is 1190 g/mol. The second kappa shape index (κ2) is 24.8. The normalized spacial score (nSPS) is 14.2. The van der Waals surface area contributed by atoms with Crippen LogP contribution in [0.15, 0.2) is 58.0 Å². The van der Waals surface area contributed by atoms with Crippen molar-refractivity contribution < 1.29 is 28.7 Å². The number of hydrogen-bond donors (Lipinski definition) is 4. The van der Waals surface area contributed by atoms with E-state index in [0.29, 0.717) is 64.1 Å². The SMILES string of the molecule is C=CC(=O)Nc1sc2c(c1-c1nc3cc(Br)ccc3s1)CCN(C(=O)OC(C)(C)C)C2.CCC(C)N.CCC(C)NCCC(=O)Nc1sc2c(c1-c1nc3cc(Br)ccc3s1)CCN(C(=O)OC(C)(C)C)C2. The van der Waals surface area contributed by atoms with E-state index >= 15 is 0 Å². The monoisotopic (exact) mass is 1180 g/mol. The molecule has 0 bridgehead atoms. The molecule has 8 rings (SSSR count). The third kappa shape index (κ3) is 15.4. The minimum absolute atomic E-state index is 0.0292. The Bertz CT molecular complexity index is 2910. The van der Waals surface area contributed by atoms with Crippen LogP contribution < -0.4 is 21.7 Å². The quantitative estimate of drug-likeness (QED) is 0.0912. The first-order valence-electron chi connectivity index (χ1n) is 24.1.